The van der Waals surface area contributed by atoms with Gasteiger partial charge in [0.1, 0.15) is 6.61 Å². The molecule has 0 spiro atoms. The number of hydrogen-bond donors (Lipinski definition) is 2. The number of benzene rings is 1. The van der Waals surface area contributed by atoms with Crippen LogP contribution in [0, 0.1) is 0 Å². The molecule has 0 amide bonds. The van der Waals surface area contributed by atoms with E-state index in [9.17, 15) is 14.4 Å². The van der Waals surface area contributed by atoms with Gasteiger partial charge in [-0.05, 0) is 44.1 Å². The molecule has 10 nitrogen and oxygen atoms in total. The Morgan fingerprint density at radius 1 is 1.00 bits per heavy atom. The molecule has 11 heteroatoms. The van der Waals surface area contributed by atoms with Crippen molar-refractivity contribution in [3.8, 4) is 17.2 Å². The van der Waals surface area contributed by atoms with Gasteiger partial charge in [-0.3, -0.25) is 4.90 Å². The van der Waals surface area contributed by atoms with Crippen molar-refractivity contribution in [1.82, 2.24) is 4.90 Å². The van der Waals surface area contributed by atoms with E-state index in [0.29, 0.717) is 35.0 Å². The van der Waals surface area contributed by atoms with Crippen molar-refractivity contribution in [3.63, 3.8) is 0 Å². The monoisotopic (exact) mass is 509 g/mol. The van der Waals surface area contributed by atoms with Crippen LogP contribution < -0.4 is 14.2 Å². The molecule has 1 atom stereocenters. The maximum Gasteiger partial charge on any atom is 0.338 e. The fourth-order valence-corrected chi connectivity index (χ4v) is 4.23. The zero-order valence-electron chi connectivity index (χ0n) is 20.6. The maximum atomic E-state index is 12.7. The quantitative estimate of drug-likeness (QED) is 0.343. The van der Waals surface area contributed by atoms with Gasteiger partial charge in [-0.25, -0.2) is 14.4 Å². The summed E-state index contributed by atoms with van der Waals surface area (Å²) in [5.74, 6) is -1.69. The first-order chi connectivity index (χ1) is 16.6. The van der Waals surface area contributed by atoms with Crippen molar-refractivity contribution in [3.05, 3.63) is 52.2 Å². The topological polar surface area (TPSA) is 132 Å². The number of rotatable bonds is 11. The second kappa shape index (κ2) is 14.0. The Morgan fingerprint density at radius 2 is 1.54 bits per heavy atom. The van der Waals surface area contributed by atoms with Crippen LogP contribution in [0.4, 0.5) is 0 Å². The third kappa shape index (κ3) is 8.01. The van der Waals surface area contributed by atoms with Crippen molar-refractivity contribution in [2.75, 3.05) is 42.0 Å². The second-order valence-corrected chi connectivity index (χ2v) is 8.20. The second-order valence-electron chi connectivity index (χ2n) is 7.26. The molecule has 0 saturated carbocycles. The highest BCUT2D eigenvalue weighted by atomic mass is 32.1. The molecule has 2 rings (SSSR count). The Balaban J connectivity index is 0.000000658. The van der Waals surface area contributed by atoms with Gasteiger partial charge in [0, 0.05) is 17.0 Å². The number of aliphatic carboxylic acids is 2. The van der Waals surface area contributed by atoms with E-state index >= 15 is 0 Å². The van der Waals surface area contributed by atoms with E-state index in [4.69, 9.17) is 29.2 Å². The number of ether oxygens (including phenoxy) is 4. The van der Waals surface area contributed by atoms with Gasteiger partial charge in [0.2, 0.25) is 5.75 Å². The van der Waals surface area contributed by atoms with Crippen LogP contribution in [0.3, 0.4) is 0 Å². The molecule has 0 radical (unpaired) electrons. The highest BCUT2D eigenvalue weighted by Crippen LogP contribution is 2.39. The first-order valence-corrected chi connectivity index (χ1v) is 11.3. The van der Waals surface area contributed by atoms with Gasteiger partial charge in [-0.1, -0.05) is 13.0 Å². The number of methoxy groups -OCH3 is 3. The van der Waals surface area contributed by atoms with Gasteiger partial charge in [-0.2, -0.15) is 0 Å². The lowest BCUT2D eigenvalue weighted by Crippen LogP contribution is -2.45. The van der Waals surface area contributed by atoms with Crippen LogP contribution in [-0.2, 0) is 19.9 Å². The van der Waals surface area contributed by atoms with Crippen molar-refractivity contribution in [2.45, 2.75) is 18.9 Å². The van der Waals surface area contributed by atoms with Crippen LogP contribution in [-0.4, -0.2) is 75.1 Å². The Kier molecular flexibility index (Phi) is 11.8. The van der Waals surface area contributed by atoms with Crippen molar-refractivity contribution < 1.29 is 43.5 Å². The van der Waals surface area contributed by atoms with Crippen LogP contribution in [0.5, 0.6) is 17.2 Å². The third-order valence-corrected chi connectivity index (χ3v) is 6.19. The third-order valence-electron chi connectivity index (χ3n) is 5.13. The van der Waals surface area contributed by atoms with Gasteiger partial charge in [-0.15, -0.1) is 11.3 Å². The molecule has 2 aromatic rings. The zero-order chi connectivity index (χ0) is 26.6. The molecule has 0 bridgehead atoms. The average molecular weight is 510 g/mol. The first-order valence-electron chi connectivity index (χ1n) is 10.4. The SMILES string of the molecule is CCC(COC(=O)c1cc(OC)c(OC)c(OC)c1)(c1cccs1)N(C)C.O=C(O)/C=C\C(=O)O. The number of likely N-dealkylation sites (N-methyl/N-ethyl adjacent to an activating group) is 1. The normalized spacial score (nSPS) is 12.3. The number of thiophene rings is 1. The number of carbonyl (C=O) groups is 3. The number of hydrogen-bond acceptors (Lipinski definition) is 9. The minimum Gasteiger partial charge on any atom is -0.493 e. The summed E-state index contributed by atoms with van der Waals surface area (Å²) in [4.78, 5) is 35.1. The molecular weight excluding hydrogens is 478 g/mol. The largest absolute Gasteiger partial charge is 0.493 e. The number of nitrogens with zero attached hydrogens (tertiary/aromatic N) is 1. The van der Waals surface area contributed by atoms with E-state index in [1.54, 1.807) is 23.5 Å². The summed E-state index contributed by atoms with van der Waals surface area (Å²) in [6.45, 7) is 2.33. The Bertz CT molecular complexity index is 977. The Morgan fingerprint density at radius 3 is 1.89 bits per heavy atom. The molecule has 0 aliphatic rings. The standard InChI is InChI=1S/C20H27NO5S.C4H4O4/c1-7-20(21(2)3,17-9-8-10-27-17)13-26-19(22)14-11-15(23-4)18(25-6)16(12-14)24-5;5-3(6)1-2-4(7)8/h8-12H,7,13H2,1-6H3;1-2H,(H,5,6)(H,7,8)/b;2-1-. The fourth-order valence-electron chi connectivity index (χ4n) is 3.17. The van der Waals surface area contributed by atoms with Gasteiger partial charge in [0.15, 0.2) is 11.5 Å². The summed E-state index contributed by atoms with van der Waals surface area (Å²) in [6.07, 6.45) is 1.92. The van der Waals surface area contributed by atoms with Gasteiger partial charge in [0.25, 0.3) is 0 Å². The average Bonchev–Trinajstić information content (AvgIpc) is 3.37. The Labute approximate surface area is 208 Å². The predicted molar refractivity (Wildman–Crippen MR) is 131 cm³/mol. The lowest BCUT2D eigenvalue weighted by molar-refractivity contribution is -0.134. The van der Waals surface area contributed by atoms with Crippen LogP contribution in [0.25, 0.3) is 0 Å². The van der Waals surface area contributed by atoms with Crippen molar-refractivity contribution >= 4 is 29.2 Å². The maximum absolute atomic E-state index is 12.7. The molecule has 0 fully saturated rings. The molecule has 0 aliphatic heterocycles. The molecule has 192 valence electrons. The summed E-state index contributed by atoms with van der Waals surface area (Å²) >= 11 is 1.66. The van der Waals surface area contributed by atoms with Crippen molar-refractivity contribution in [2.24, 2.45) is 0 Å². The van der Waals surface area contributed by atoms with Crippen LogP contribution >= 0.6 is 11.3 Å². The van der Waals surface area contributed by atoms with E-state index in [1.807, 2.05) is 25.5 Å². The van der Waals surface area contributed by atoms with E-state index < -0.39 is 17.9 Å². The molecule has 35 heavy (non-hydrogen) atoms. The van der Waals surface area contributed by atoms with E-state index in [2.05, 4.69) is 17.9 Å². The van der Waals surface area contributed by atoms with E-state index in [1.165, 1.54) is 21.3 Å². The van der Waals surface area contributed by atoms with E-state index in [-0.39, 0.29) is 12.1 Å². The summed E-state index contributed by atoms with van der Waals surface area (Å²) in [5, 5.41) is 17.7. The fraction of sp³-hybridized carbons (Fsp3) is 0.375. The zero-order valence-corrected chi connectivity index (χ0v) is 21.4. The van der Waals surface area contributed by atoms with E-state index in [0.717, 1.165) is 11.3 Å². The smallest absolute Gasteiger partial charge is 0.338 e. The first kappa shape index (κ1) is 29.5. The molecule has 1 unspecified atom stereocenters. The molecule has 0 aliphatic carbocycles. The molecule has 1 heterocycles. The van der Waals surface area contributed by atoms with Gasteiger partial charge in [0.05, 0.1) is 32.4 Å². The van der Waals surface area contributed by atoms with Crippen molar-refractivity contribution in [1.29, 1.82) is 0 Å². The van der Waals surface area contributed by atoms with Gasteiger partial charge >= 0.3 is 17.9 Å². The summed E-state index contributed by atoms with van der Waals surface area (Å²) in [7, 11) is 8.54. The predicted octanol–water partition coefficient (Wildman–Crippen LogP) is 3.51. The number of carbonyl (C=O) groups excluding carboxylic acids is 1. The highest BCUT2D eigenvalue weighted by molar-refractivity contribution is 7.10. The molecule has 1 aromatic heterocycles. The van der Waals surface area contributed by atoms with Crippen LogP contribution in [0.1, 0.15) is 28.6 Å². The van der Waals surface area contributed by atoms with Crippen LogP contribution in [0.15, 0.2) is 41.8 Å². The molecule has 2 N–H and O–H groups in total. The lowest BCUT2D eigenvalue weighted by Gasteiger charge is -2.37. The summed E-state index contributed by atoms with van der Waals surface area (Å²) in [6, 6.07) is 7.27. The molecule has 1 aromatic carbocycles. The minimum atomic E-state index is -1.26. The van der Waals surface area contributed by atoms with Crippen LogP contribution in [0.2, 0.25) is 0 Å². The molecule has 0 saturated heterocycles. The van der Waals surface area contributed by atoms with Gasteiger partial charge < -0.3 is 29.2 Å². The minimum absolute atomic E-state index is 0.243. The Hall–Kier alpha value is -3.57. The number of carboxylic acid groups (broad SMARTS) is 2. The lowest BCUT2D eigenvalue weighted by atomic mass is 9.93. The summed E-state index contributed by atoms with van der Waals surface area (Å²) < 4.78 is 21.6. The molecular formula is C24H31NO9S. The number of carboxylic acids is 2. The summed E-state index contributed by atoms with van der Waals surface area (Å²) in [5.41, 5.74) is -0.0239. The number of esters is 1. The highest BCUT2D eigenvalue weighted by Gasteiger charge is 2.36.